The van der Waals surface area contributed by atoms with Gasteiger partial charge in [0.1, 0.15) is 22.3 Å². The van der Waals surface area contributed by atoms with E-state index in [1.807, 2.05) is 17.8 Å². The molecule has 0 saturated heterocycles. The summed E-state index contributed by atoms with van der Waals surface area (Å²) in [6.07, 6.45) is 2.47. The Labute approximate surface area is 297 Å². The van der Waals surface area contributed by atoms with Gasteiger partial charge in [0.15, 0.2) is 0 Å². The second-order valence-electron chi connectivity index (χ2n) is 13.8. The Kier molecular flexibility index (Phi) is 5.58. The smallest absolute Gasteiger partial charge is 0.142 e. The largest absolute Gasteiger partial charge is 0.456 e. The third-order valence-corrected chi connectivity index (χ3v) is 12.7. The summed E-state index contributed by atoms with van der Waals surface area (Å²) in [7, 11) is 0. The first-order valence-electron chi connectivity index (χ1n) is 17.6. The number of para-hydroxylation sites is 2. The topological polar surface area (TPSA) is 26.3 Å². The average Bonchev–Trinajstić information content (AvgIpc) is 3.88. The minimum atomic E-state index is 0.216. The standard InChI is InChI=1S/C48H28O2S/c1-3-15-32-30(13-1)44(27-21-24-42-37(25-27)29-12-6-8-18-40(29)49-42)31-14-2-4-16-33(31)45(32)39-26-38-34(46-36-17-7-10-20-43(36)51-48(39)46)22-23-35-28-11-5-9-19-41(28)50-47(35)38/h1-26,46,48H. The molecule has 0 radical (unpaired) electrons. The molecular formula is C48H28O2S. The molecule has 0 spiro atoms. The van der Waals surface area contributed by atoms with Crippen LogP contribution in [0, 0.1) is 0 Å². The van der Waals surface area contributed by atoms with Crippen molar-refractivity contribution in [2.75, 3.05) is 0 Å². The van der Waals surface area contributed by atoms with Gasteiger partial charge in [-0.05, 0) is 91.3 Å². The molecular weight excluding hydrogens is 641 g/mol. The predicted molar refractivity (Wildman–Crippen MR) is 214 cm³/mol. The normalized spacial score (nSPS) is 16.7. The van der Waals surface area contributed by atoms with Gasteiger partial charge < -0.3 is 8.83 Å². The van der Waals surface area contributed by atoms with Crippen LogP contribution in [0.3, 0.4) is 0 Å². The molecule has 1 aliphatic carbocycles. The maximum Gasteiger partial charge on any atom is 0.142 e. The van der Waals surface area contributed by atoms with Crippen LogP contribution in [0.2, 0.25) is 0 Å². The van der Waals surface area contributed by atoms with Crippen molar-refractivity contribution in [3.8, 4) is 11.1 Å². The zero-order valence-corrected chi connectivity index (χ0v) is 28.2. The first-order chi connectivity index (χ1) is 25.3. The third kappa shape index (κ3) is 3.79. The summed E-state index contributed by atoms with van der Waals surface area (Å²) in [5.41, 5.74) is 12.8. The van der Waals surface area contributed by atoms with Crippen LogP contribution >= 0.6 is 11.8 Å². The Morgan fingerprint density at radius 1 is 0.431 bits per heavy atom. The van der Waals surface area contributed by atoms with Crippen LogP contribution in [-0.2, 0) is 0 Å². The lowest BCUT2D eigenvalue weighted by atomic mass is 9.75. The Bertz CT molecular complexity index is 3080. The first-order valence-corrected chi connectivity index (χ1v) is 18.4. The van der Waals surface area contributed by atoms with Crippen molar-refractivity contribution in [3.63, 3.8) is 0 Å². The van der Waals surface area contributed by atoms with E-state index in [1.165, 1.54) is 70.8 Å². The Morgan fingerprint density at radius 3 is 1.76 bits per heavy atom. The fourth-order valence-corrected chi connectivity index (χ4v) is 10.6. The number of furan rings is 2. The molecule has 1 aliphatic heterocycles. The fourth-order valence-electron chi connectivity index (χ4n) is 9.12. The lowest BCUT2D eigenvalue weighted by Gasteiger charge is -2.31. The van der Waals surface area contributed by atoms with E-state index in [2.05, 4.69) is 152 Å². The van der Waals surface area contributed by atoms with E-state index in [0.29, 0.717) is 0 Å². The van der Waals surface area contributed by atoms with Gasteiger partial charge in [-0.15, -0.1) is 11.8 Å². The highest BCUT2D eigenvalue weighted by atomic mass is 32.2. The van der Waals surface area contributed by atoms with Crippen LogP contribution in [0.1, 0.15) is 28.2 Å². The van der Waals surface area contributed by atoms with Crippen molar-refractivity contribution >= 4 is 88.8 Å². The number of fused-ring (bicyclic) bond motifs is 14. The summed E-state index contributed by atoms with van der Waals surface area (Å²) in [6, 6.07) is 55.1. The molecule has 2 aromatic heterocycles. The Balaban J connectivity index is 1.18. The summed E-state index contributed by atoms with van der Waals surface area (Å²) < 4.78 is 13.0. The van der Waals surface area contributed by atoms with Crippen LogP contribution < -0.4 is 0 Å². The summed E-state index contributed by atoms with van der Waals surface area (Å²) in [4.78, 5) is 1.36. The minimum absolute atomic E-state index is 0.216. The zero-order chi connectivity index (χ0) is 33.2. The molecule has 0 fully saturated rings. The zero-order valence-electron chi connectivity index (χ0n) is 27.4. The highest BCUT2D eigenvalue weighted by Gasteiger charge is 2.42. The SMILES string of the molecule is C1=C(c2c3ccccc3c(-c3ccc4oc5ccccc5c4c3)c3ccccc23)C2Sc3ccccc3C2c2ccc3c(oc4ccccc43)c21. The Hall–Kier alpha value is -6.03. The molecule has 0 amide bonds. The molecule has 10 aromatic rings. The molecule has 12 rings (SSSR count). The van der Waals surface area contributed by atoms with Gasteiger partial charge >= 0.3 is 0 Å². The van der Waals surface area contributed by atoms with Crippen molar-refractivity contribution in [1.82, 2.24) is 0 Å². The highest BCUT2D eigenvalue weighted by Crippen LogP contribution is 2.59. The van der Waals surface area contributed by atoms with Crippen LogP contribution in [0.4, 0.5) is 0 Å². The molecule has 2 aliphatic rings. The molecule has 3 heterocycles. The number of hydrogen-bond donors (Lipinski definition) is 0. The van der Waals surface area contributed by atoms with Crippen molar-refractivity contribution in [1.29, 1.82) is 0 Å². The van der Waals surface area contributed by atoms with Crippen LogP contribution in [0.5, 0.6) is 0 Å². The van der Waals surface area contributed by atoms with E-state index >= 15 is 0 Å². The minimum Gasteiger partial charge on any atom is -0.456 e. The number of hydrogen-bond acceptors (Lipinski definition) is 3. The number of rotatable bonds is 2. The molecule has 0 bridgehead atoms. The lowest BCUT2D eigenvalue weighted by Crippen LogP contribution is -2.19. The molecule has 2 unspecified atom stereocenters. The van der Waals surface area contributed by atoms with E-state index in [9.17, 15) is 0 Å². The van der Waals surface area contributed by atoms with Crippen LogP contribution in [-0.4, -0.2) is 5.25 Å². The summed E-state index contributed by atoms with van der Waals surface area (Å²) >= 11 is 2.01. The molecule has 0 saturated carbocycles. The molecule has 8 aromatic carbocycles. The number of benzene rings is 8. The summed E-state index contributed by atoms with van der Waals surface area (Å²) in [5, 5.41) is 9.89. The van der Waals surface area contributed by atoms with E-state index in [-0.39, 0.29) is 11.2 Å². The van der Waals surface area contributed by atoms with Crippen molar-refractivity contribution in [2.24, 2.45) is 0 Å². The maximum absolute atomic E-state index is 6.72. The van der Waals surface area contributed by atoms with Crippen LogP contribution in [0.25, 0.3) is 88.2 Å². The highest BCUT2D eigenvalue weighted by molar-refractivity contribution is 8.00. The van der Waals surface area contributed by atoms with E-state index < -0.39 is 0 Å². The van der Waals surface area contributed by atoms with E-state index in [0.717, 1.165) is 38.5 Å². The van der Waals surface area contributed by atoms with Crippen LogP contribution in [0.15, 0.2) is 165 Å². The van der Waals surface area contributed by atoms with Gasteiger partial charge in [-0.1, -0.05) is 121 Å². The molecule has 2 nitrogen and oxygen atoms in total. The van der Waals surface area contributed by atoms with Gasteiger partial charge in [0.25, 0.3) is 0 Å². The molecule has 51 heavy (non-hydrogen) atoms. The second-order valence-corrected chi connectivity index (χ2v) is 15.0. The fraction of sp³-hybridized carbons (Fsp3) is 0.0417. The quantitative estimate of drug-likeness (QED) is 0.172. The monoisotopic (exact) mass is 668 g/mol. The molecule has 2 atom stereocenters. The third-order valence-electron chi connectivity index (χ3n) is 11.3. The molecule has 3 heteroatoms. The van der Waals surface area contributed by atoms with Gasteiger partial charge in [0, 0.05) is 43.2 Å². The first kappa shape index (κ1) is 27.8. The van der Waals surface area contributed by atoms with Gasteiger partial charge in [0.05, 0.1) is 0 Å². The van der Waals surface area contributed by atoms with Gasteiger partial charge in [0.2, 0.25) is 0 Å². The van der Waals surface area contributed by atoms with E-state index in [4.69, 9.17) is 8.83 Å². The number of thioether (sulfide) groups is 1. The van der Waals surface area contributed by atoms with E-state index in [1.54, 1.807) is 0 Å². The van der Waals surface area contributed by atoms with Crippen molar-refractivity contribution < 1.29 is 8.83 Å². The maximum atomic E-state index is 6.72. The second kappa shape index (κ2) is 10.3. The summed E-state index contributed by atoms with van der Waals surface area (Å²) in [5.74, 6) is 0.216. The summed E-state index contributed by atoms with van der Waals surface area (Å²) in [6.45, 7) is 0. The van der Waals surface area contributed by atoms with Gasteiger partial charge in [-0.3, -0.25) is 0 Å². The Morgan fingerprint density at radius 2 is 1.02 bits per heavy atom. The van der Waals surface area contributed by atoms with Gasteiger partial charge in [-0.25, -0.2) is 0 Å². The van der Waals surface area contributed by atoms with Crippen molar-refractivity contribution in [3.05, 3.63) is 174 Å². The molecule has 0 N–H and O–H groups in total. The average molecular weight is 669 g/mol. The van der Waals surface area contributed by atoms with Gasteiger partial charge in [-0.2, -0.15) is 0 Å². The lowest BCUT2D eigenvalue weighted by molar-refractivity contribution is 0.666. The predicted octanol–water partition coefficient (Wildman–Crippen LogP) is 13.6. The molecule has 238 valence electrons. The van der Waals surface area contributed by atoms with Crippen molar-refractivity contribution in [2.45, 2.75) is 16.1 Å².